The van der Waals surface area contributed by atoms with Gasteiger partial charge in [0, 0.05) is 143 Å². The van der Waals surface area contributed by atoms with Gasteiger partial charge in [0.15, 0.2) is 0 Å². The number of hydrazine groups is 4. The topological polar surface area (TPSA) is 392 Å². The first-order chi connectivity index (χ1) is 67.7. The maximum Gasteiger partial charge on any atom is 0.287 e. The van der Waals surface area contributed by atoms with Crippen molar-refractivity contribution in [3.05, 3.63) is 417 Å². The highest BCUT2D eigenvalue weighted by Gasteiger charge is 2.44. The molecular formula is C104H93Cl6N11O19S4. The highest BCUT2D eigenvalue weighted by Crippen LogP contribution is 2.37. The quantitative estimate of drug-likeness (QED) is 0.0276. The number of imide groups is 1. The van der Waals surface area contributed by atoms with Gasteiger partial charge in [0.2, 0.25) is 0 Å². The first kappa shape index (κ1) is 110. The van der Waals surface area contributed by atoms with Gasteiger partial charge in [-0.25, -0.2) is 16.3 Å². The first-order valence-electron chi connectivity index (χ1n) is 43.3. The second kappa shape index (κ2) is 46.3. The number of benzene rings is 14. The summed E-state index contributed by atoms with van der Waals surface area (Å²) in [6.07, 6.45) is 0. The van der Waals surface area contributed by atoms with Crippen LogP contribution in [0, 0.1) is 24.0 Å². The normalized spacial score (nSPS) is 11.4. The molecule has 0 spiro atoms. The summed E-state index contributed by atoms with van der Waals surface area (Å²) in [5.41, 5.74) is 11.0. The van der Waals surface area contributed by atoms with Crippen molar-refractivity contribution in [2.45, 2.75) is 85.8 Å². The van der Waals surface area contributed by atoms with Gasteiger partial charge in [0.1, 0.15) is 5.88 Å². The minimum absolute atomic E-state index is 0.00454. The van der Waals surface area contributed by atoms with E-state index < -0.39 is 104 Å². The number of hydrogen-bond donors (Lipinski definition) is 3. The minimum atomic E-state index is -4.83. The number of sulfonamides is 4. The van der Waals surface area contributed by atoms with Crippen LogP contribution in [0.2, 0.25) is 25.1 Å². The zero-order chi connectivity index (χ0) is 106. The summed E-state index contributed by atoms with van der Waals surface area (Å²) in [4.78, 5) is 133. The number of nitro groups is 1. The number of alkyl halides is 1. The van der Waals surface area contributed by atoms with E-state index >= 15 is 0 Å². The van der Waals surface area contributed by atoms with Crippen molar-refractivity contribution in [2.24, 2.45) is 0 Å². The summed E-state index contributed by atoms with van der Waals surface area (Å²) in [6, 6.07) is 77.1. The Morgan fingerprint density at radius 3 is 0.889 bits per heavy atom. The van der Waals surface area contributed by atoms with E-state index in [9.17, 15) is 86.9 Å². The van der Waals surface area contributed by atoms with Crippen LogP contribution in [0.1, 0.15) is 147 Å². The standard InChI is InChI=1S/C32H28Cl2N2O5S.C26H21ClN4O6S.C25H25ClN2O4S.C21H19Cl2N3O4S/c1-21-5-7-22(8-6-21)29(37)35(30(38)23-9-15-26(33)16-10-23)36(31(39)24-11-17-27(34)18-12-24)42(40,41)28-19-13-25(14-20-28)32(2,3)4;1-29(2)23-7-3-6-22-21(23)5-4-8-24(22)38(36,37)30(28-25(32)17-9-13-19(27)14-10-17)26(33)18-11-15-20(16-12-18)31(34)35;1-17-5-7-19(8-6-17)24(30)28(27-23(29)18-9-13-21(26)14-10-18)33(31,32)22-15-11-20(12-16-22)25(2,3)4;1-25(2)18-7-3-6-17-16(18)5-4-8-19(17)31(29,30)26(20(27)13-22)24-21(28)14-9-11-15(23)12-10-14/h5-20H,1-4H3;3-16H,1-2H3,(H,28,32);5-16H,1-4H3,(H,27,29);3-12H,13H2,1-2H3,(H,24,28). The lowest BCUT2D eigenvalue weighted by atomic mass is 9.87. The Bertz CT molecular complexity index is 7660. The molecule has 40 heteroatoms. The molecule has 30 nitrogen and oxygen atoms in total. The summed E-state index contributed by atoms with van der Waals surface area (Å²) in [7, 11) is -11.1. The third kappa shape index (κ3) is 26.1. The SMILES string of the molecule is CN(C)c1cccc2c(S(=O)(=O)N(NC(=O)c3ccc(Cl)cc3)C(=O)CCl)cccc12.CN(C)c1cccc2c(S(=O)(=O)N(NC(=O)c3ccc(Cl)cc3)C(=O)c3ccc([N+](=O)[O-])cc3)cccc12.Cc1ccc(C(=O)N(C(=O)c2ccc(Cl)cc2)N(C(=O)c2ccc(Cl)cc2)S(=O)(=O)c2ccc(C(C)(C)C)cc2)cc1.Cc1ccc(C(=O)N(NC(=O)c2ccc(Cl)cc2)S(=O)(=O)c2ccc(C(C)(C)C)cc2)cc1. The van der Waals surface area contributed by atoms with Gasteiger partial charge in [-0.1, -0.05) is 208 Å². The number of nitrogens with one attached hydrogen (secondary N) is 3. The molecule has 14 aromatic rings. The number of carbonyl (C=O) groups is 9. The Labute approximate surface area is 862 Å². The van der Waals surface area contributed by atoms with Crippen LogP contribution in [0.25, 0.3) is 21.5 Å². The van der Waals surface area contributed by atoms with Crippen molar-refractivity contribution in [2.75, 3.05) is 43.9 Å². The Morgan fingerprint density at radius 1 is 0.312 bits per heavy atom. The molecule has 0 atom stereocenters. The molecule has 0 bridgehead atoms. The third-order valence-corrected chi connectivity index (χ3v) is 29.8. The van der Waals surface area contributed by atoms with E-state index in [4.69, 9.17) is 69.6 Å². The van der Waals surface area contributed by atoms with Crippen LogP contribution in [0.5, 0.6) is 0 Å². The zero-order valence-corrected chi connectivity index (χ0v) is 86.8. The van der Waals surface area contributed by atoms with Crippen LogP contribution in [0.15, 0.2) is 335 Å². The fourth-order valence-corrected chi connectivity index (χ4v) is 20.2. The van der Waals surface area contributed by atoms with E-state index in [2.05, 4.69) is 16.3 Å². The number of aryl methyl sites for hydroxylation is 2. The van der Waals surface area contributed by atoms with E-state index in [1.54, 1.807) is 91.0 Å². The molecule has 0 unspecified atom stereocenters. The number of carbonyl (C=O) groups excluding carboxylic acids is 9. The number of anilines is 2. The molecule has 0 aliphatic rings. The van der Waals surface area contributed by atoms with Gasteiger partial charge in [0.05, 0.1) is 24.5 Å². The maximum absolute atomic E-state index is 14.3. The summed E-state index contributed by atoms with van der Waals surface area (Å²) < 4.78 is 112. The number of non-ortho nitro benzene ring substituents is 1. The summed E-state index contributed by atoms with van der Waals surface area (Å²) in [5, 5.41) is 15.2. The van der Waals surface area contributed by atoms with Gasteiger partial charge in [-0.3, -0.25) is 53.3 Å². The summed E-state index contributed by atoms with van der Waals surface area (Å²) in [6.45, 7) is 15.6. The Hall–Kier alpha value is -14.4. The average molecular weight is 2140 g/mol. The predicted octanol–water partition coefficient (Wildman–Crippen LogP) is 20.8. The van der Waals surface area contributed by atoms with Crippen LogP contribution in [-0.4, -0.2) is 148 Å². The molecule has 744 valence electrons. The molecule has 0 radical (unpaired) electrons. The van der Waals surface area contributed by atoms with E-state index in [1.165, 1.54) is 188 Å². The largest absolute Gasteiger partial charge is 0.377 e. The third-order valence-electron chi connectivity index (χ3n) is 21.7. The number of nitro benzene ring substituents is 1. The van der Waals surface area contributed by atoms with Crippen molar-refractivity contribution in [3.8, 4) is 0 Å². The summed E-state index contributed by atoms with van der Waals surface area (Å²) in [5.74, 6) is -9.26. The van der Waals surface area contributed by atoms with Gasteiger partial charge in [-0.15, -0.1) is 29.3 Å². The molecule has 0 fully saturated rings. The van der Waals surface area contributed by atoms with Crippen LogP contribution >= 0.6 is 69.6 Å². The molecule has 14 aromatic carbocycles. The van der Waals surface area contributed by atoms with Gasteiger partial charge >= 0.3 is 0 Å². The van der Waals surface area contributed by atoms with Crippen molar-refractivity contribution in [1.29, 1.82) is 0 Å². The summed E-state index contributed by atoms with van der Waals surface area (Å²) >= 11 is 35.2. The maximum atomic E-state index is 14.3. The molecule has 0 aliphatic carbocycles. The molecule has 0 saturated heterocycles. The van der Waals surface area contributed by atoms with Crippen molar-refractivity contribution < 1.29 is 81.7 Å². The molecule has 0 saturated carbocycles. The van der Waals surface area contributed by atoms with Gasteiger partial charge in [-0.05, 0) is 242 Å². The van der Waals surface area contributed by atoms with E-state index in [0.29, 0.717) is 56.1 Å². The molecule has 144 heavy (non-hydrogen) atoms. The molecule has 14 rings (SSSR count). The highest BCUT2D eigenvalue weighted by molar-refractivity contribution is 7.90. The smallest absolute Gasteiger partial charge is 0.287 e. The number of fused-ring (bicyclic) bond motifs is 2. The average Bonchev–Trinajstić information content (AvgIpc) is 0.761. The van der Waals surface area contributed by atoms with Crippen molar-refractivity contribution in [3.63, 3.8) is 0 Å². The fraction of sp³-hybridized carbons (Fsp3) is 0.144. The van der Waals surface area contributed by atoms with Crippen molar-refractivity contribution in [1.82, 2.24) is 38.9 Å². The zero-order valence-electron chi connectivity index (χ0n) is 79.0. The van der Waals surface area contributed by atoms with E-state index in [1.807, 2.05) is 106 Å². The van der Waals surface area contributed by atoms with E-state index in [0.717, 1.165) is 57.9 Å². The molecular weight excluding hydrogens is 2050 g/mol. The van der Waals surface area contributed by atoms with Gasteiger partial charge in [-0.2, -0.15) is 38.7 Å². The van der Waals surface area contributed by atoms with Crippen molar-refractivity contribution >= 4 is 201 Å². The molecule has 9 amide bonds. The molecule has 0 aromatic heterocycles. The van der Waals surface area contributed by atoms with Crippen LogP contribution in [0.3, 0.4) is 0 Å². The minimum Gasteiger partial charge on any atom is -0.377 e. The van der Waals surface area contributed by atoms with Crippen LogP contribution in [-0.2, 0) is 55.7 Å². The monoisotopic (exact) mass is 2140 g/mol. The number of halogens is 6. The predicted molar refractivity (Wildman–Crippen MR) is 557 cm³/mol. The van der Waals surface area contributed by atoms with E-state index in [-0.39, 0.29) is 93.8 Å². The lowest BCUT2D eigenvalue weighted by molar-refractivity contribution is -0.384. The Morgan fingerprint density at radius 2 is 0.576 bits per heavy atom. The Kier molecular flexibility index (Phi) is 35.4. The second-order valence-corrected chi connectivity index (χ2v) is 43.9. The van der Waals surface area contributed by atoms with Gasteiger partial charge in [0.25, 0.3) is 98.9 Å². The van der Waals surface area contributed by atoms with Gasteiger partial charge < -0.3 is 9.80 Å². The first-order valence-corrected chi connectivity index (χ1v) is 51.4. The van der Waals surface area contributed by atoms with Crippen LogP contribution < -0.4 is 26.1 Å². The number of nitrogens with zero attached hydrogens (tertiary/aromatic N) is 8. The number of hydrogen-bond acceptors (Lipinski definition) is 21. The fourth-order valence-electron chi connectivity index (χ4n) is 13.9. The lowest BCUT2D eigenvalue weighted by Crippen LogP contribution is -2.55. The lowest BCUT2D eigenvalue weighted by Gasteiger charge is -2.32. The second-order valence-electron chi connectivity index (χ2n) is 34.4. The number of amides is 9. The number of rotatable bonds is 20. The molecule has 0 aliphatic heterocycles. The molecule has 0 heterocycles. The Balaban J connectivity index is 0.000000184. The highest BCUT2D eigenvalue weighted by atomic mass is 35.5. The van der Waals surface area contributed by atoms with Crippen LogP contribution in [0.4, 0.5) is 17.1 Å². The molecule has 3 N–H and O–H groups in total.